The van der Waals surface area contributed by atoms with Gasteiger partial charge in [-0.3, -0.25) is 4.79 Å². The lowest BCUT2D eigenvalue weighted by Gasteiger charge is -2.58. The van der Waals surface area contributed by atoms with E-state index in [0.29, 0.717) is 25.0 Å². The summed E-state index contributed by atoms with van der Waals surface area (Å²) in [6, 6.07) is 0. The molecule has 4 aliphatic rings. The summed E-state index contributed by atoms with van der Waals surface area (Å²) in [5.41, 5.74) is -1.61. The minimum Gasteiger partial charge on any atom is -0.468 e. The van der Waals surface area contributed by atoms with E-state index in [0.717, 1.165) is 12.0 Å². The van der Waals surface area contributed by atoms with Gasteiger partial charge < -0.3 is 25.2 Å². The molecule has 2 saturated carbocycles. The van der Waals surface area contributed by atoms with Gasteiger partial charge in [0, 0.05) is 16.7 Å². The smallest absolute Gasteiger partial charge is 0.190 e. The number of ether oxygens (including phenoxy) is 1. The molecule has 0 radical (unpaired) electrons. The third-order valence-corrected chi connectivity index (χ3v) is 8.26. The van der Waals surface area contributed by atoms with E-state index < -0.39 is 29.5 Å². The van der Waals surface area contributed by atoms with Gasteiger partial charge in [0.15, 0.2) is 12.6 Å². The molecule has 0 bridgehead atoms. The highest BCUT2D eigenvalue weighted by molar-refractivity contribution is 5.89. The average Bonchev–Trinajstić information content (AvgIpc) is 2.93. The molecular weight excluding hydrogens is 360 g/mol. The summed E-state index contributed by atoms with van der Waals surface area (Å²) in [6.07, 6.45) is 9.44. The van der Waals surface area contributed by atoms with Crippen LogP contribution in [0.1, 0.15) is 39.5 Å². The largest absolute Gasteiger partial charge is 0.468 e. The number of rotatable bonds is 4. The third kappa shape index (κ3) is 2.45. The zero-order valence-electron chi connectivity index (χ0n) is 16.5. The Balaban J connectivity index is 1.72. The van der Waals surface area contributed by atoms with Crippen LogP contribution in [0.4, 0.5) is 0 Å². The lowest BCUT2D eigenvalue weighted by molar-refractivity contribution is -0.176. The fourth-order valence-corrected chi connectivity index (χ4v) is 6.84. The number of carbonyl (C=O) groups is 1. The highest BCUT2D eigenvalue weighted by atomic mass is 16.6. The first-order valence-corrected chi connectivity index (χ1v) is 10.1. The van der Waals surface area contributed by atoms with Crippen molar-refractivity contribution in [2.75, 3.05) is 13.4 Å². The van der Waals surface area contributed by atoms with Crippen molar-refractivity contribution >= 4 is 5.78 Å². The van der Waals surface area contributed by atoms with Crippen molar-refractivity contribution < 1.29 is 30.0 Å². The lowest BCUT2D eigenvalue weighted by Crippen LogP contribution is -2.61. The van der Waals surface area contributed by atoms with E-state index in [-0.39, 0.29) is 30.0 Å². The zero-order chi connectivity index (χ0) is 20.3. The van der Waals surface area contributed by atoms with Gasteiger partial charge in [-0.2, -0.15) is 0 Å². The predicted molar refractivity (Wildman–Crippen MR) is 102 cm³/mol. The Bertz CT molecular complexity index is 769. The predicted octanol–water partition coefficient (Wildman–Crippen LogP) is 1.45. The van der Waals surface area contributed by atoms with Crippen molar-refractivity contribution in [3.05, 3.63) is 35.6 Å². The van der Waals surface area contributed by atoms with Crippen LogP contribution in [0.5, 0.6) is 0 Å². The monoisotopic (exact) mass is 390 g/mol. The molecule has 0 aromatic carbocycles. The van der Waals surface area contributed by atoms with Crippen LogP contribution in [0, 0.1) is 28.6 Å². The Morgan fingerprint density at radius 3 is 2.75 bits per heavy atom. The van der Waals surface area contributed by atoms with Gasteiger partial charge in [0.2, 0.25) is 0 Å². The van der Waals surface area contributed by atoms with Crippen molar-refractivity contribution in [2.24, 2.45) is 28.6 Å². The number of carbonyl (C=O) groups excluding carboxylic acids is 1. The molecule has 7 atom stereocenters. The van der Waals surface area contributed by atoms with Crippen molar-refractivity contribution in [2.45, 2.75) is 51.2 Å². The summed E-state index contributed by atoms with van der Waals surface area (Å²) >= 11 is 0. The Hall–Kier alpha value is -1.47. The molecule has 6 nitrogen and oxygen atoms in total. The molecular formula is C22H30O6. The number of hydrogen-bond acceptors (Lipinski definition) is 6. The number of hydrogen-bond donors (Lipinski definition) is 4. The first kappa shape index (κ1) is 19.8. The van der Waals surface area contributed by atoms with Crippen molar-refractivity contribution in [3.63, 3.8) is 0 Å². The topological polar surface area (TPSA) is 107 Å². The van der Waals surface area contributed by atoms with Gasteiger partial charge in [-0.1, -0.05) is 26.0 Å². The molecule has 154 valence electrons. The fourth-order valence-electron chi connectivity index (χ4n) is 6.84. The van der Waals surface area contributed by atoms with Gasteiger partial charge in [-0.25, -0.2) is 0 Å². The Kier molecular flexibility index (Phi) is 4.62. The van der Waals surface area contributed by atoms with Gasteiger partial charge in [0.25, 0.3) is 0 Å². The molecule has 0 amide bonds. The number of aliphatic hydroxyl groups is 4. The highest BCUT2D eigenvalue weighted by Crippen LogP contribution is 2.66. The first-order valence-electron chi connectivity index (χ1n) is 10.1. The van der Waals surface area contributed by atoms with Crippen molar-refractivity contribution in [1.29, 1.82) is 0 Å². The van der Waals surface area contributed by atoms with Crippen LogP contribution >= 0.6 is 0 Å². The lowest BCUT2D eigenvalue weighted by atomic mass is 9.47. The fraction of sp³-hybridized carbons (Fsp3) is 0.682. The Morgan fingerprint density at radius 1 is 1.32 bits per heavy atom. The van der Waals surface area contributed by atoms with Gasteiger partial charge in [-0.05, 0) is 55.2 Å². The highest BCUT2D eigenvalue weighted by Gasteiger charge is 2.67. The van der Waals surface area contributed by atoms with Crippen LogP contribution in [-0.2, 0) is 9.53 Å². The molecule has 4 N–H and O–H groups in total. The van der Waals surface area contributed by atoms with Crippen LogP contribution in [0.3, 0.4) is 0 Å². The van der Waals surface area contributed by atoms with Gasteiger partial charge in [0.05, 0.1) is 6.10 Å². The number of ketones is 1. The molecule has 0 aromatic rings. The second-order valence-corrected chi connectivity index (χ2v) is 9.30. The second-order valence-electron chi connectivity index (χ2n) is 9.30. The summed E-state index contributed by atoms with van der Waals surface area (Å²) in [7, 11) is 0. The Morgan fingerprint density at radius 2 is 2.07 bits per heavy atom. The molecule has 0 unspecified atom stereocenters. The van der Waals surface area contributed by atoms with E-state index in [1.54, 1.807) is 0 Å². The zero-order valence-corrected chi connectivity index (χ0v) is 16.5. The van der Waals surface area contributed by atoms with Crippen LogP contribution in [0.2, 0.25) is 0 Å². The molecule has 0 aromatic heterocycles. The number of aliphatic hydroxyl groups excluding tert-OH is 3. The van der Waals surface area contributed by atoms with Crippen LogP contribution < -0.4 is 0 Å². The number of Topliss-reactive ketones (excluding diaryl/α,β-unsaturated/α-hetero) is 1. The average molecular weight is 390 g/mol. The molecule has 4 rings (SSSR count). The molecule has 4 aliphatic carbocycles. The van der Waals surface area contributed by atoms with Crippen molar-refractivity contribution in [3.8, 4) is 0 Å². The minimum absolute atomic E-state index is 0.0275. The van der Waals surface area contributed by atoms with E-state index in [1.165, 1.54) is 0 Å². The van der Waals surface area contributed by atoms with E-state index in [2.05, 4.69) is 13.0 Å². The standard InChI is InChI=1S/C22H30O6/c1-20-7-5-14(28-12-24)9-13(20)3-4-15-16-6-8-22(27,18(26)11-23)21(16,2)10-17(25)19(15)20/h3,5,7,9,15-17,19,23-25,27H,4,6,8,10-12H2,1-2H3/t15-,16-,17-,19-,20-,21-,22-/m0/s1. The van der Waals surface area contributed by atoms with E-state index in [9.17, 15) is 20.1 Å². The van der Waals surface area contributed by atoms with Crippen molar-refractivity contribution in [1.82, 2.24) is 0 Å². The summed E-state index contributed by atoms with van der Waals surface area (Å²) in [5, 5.41) is 40.9. The normalized spacial score (nSPS) is 46.8. The van der Waals surface area contributed by atoms with E-state index in [4.69, 9.17) is 9.84 Å². The molecule has 28 heavy (non-hydrogen) atoms. The maximum atomic E-state index is 12.4. The summed E-state index contributed by atoms with van der Waals surface area (Å²) < 4.78 is 5.22. The maximum absolute atomic E-state index is 12.4. The summed E-state index contributed by atoms with van der Waals surface area (Å²) in [4.78, 5) is 12.4. The van der Waals surface area contributed by atoms with Crippen LogP contribution in [0.15, 0.2) is 35.6 Å². The molecule has 2 fully saturated rings. The summed E-state index contributed by atoms with van der Waals surface area (Å²) in [5.74, 6) is 0.279. The third-order valence-electron chi connectivity index (χ3n) is 8.26. The molecule has 0 spiro atoms. The Labute approximate surface area is 165 Å². The van der Waals surface area contributed by atoms with Gasteiger partial charge in [0.1, 0.15) is 18.0 Å². The molecule has 6 heteroatoms. The maximum Gasteiger partial charge on any atom is 0.190 e. The SMILES string of the molecule is C[C@]12C=CC(OCO)=CC1=CC[C@@H]1[C@H]2[C@@H](O)C[C@@]2(C)[C@H]1CC[C@]2(O)C(=O)CO. The summed E-state index contributed by atoms with van der Waals surface area (Å²) in [6.45, 7) is 2.96. The van der Waals surface area contributed by atoms with Gasteiger partial charge in [-0.15, -0.1) is 0 Å². The van der Waals surface area contributed by atoms with E-state index >= 15 is 0 Å². The quantitative estimate of drug-likeness (QED) is 0.541. The first-order chi connectivity index (χ1) is 13.2. The molecule has 0 heterocycles. The molecule has 0 aliphatic heterocycles. The van der Waals surface area contributed by atoms with Crippen LogP contribution in [0.25, 0.3) is 0 Å². The second kappa shape index (κ2) is 6.52. The number of allylic oxidation sites excluding steroid dienone is 5. The van der Waals surface area contributed by atoms with E-state index in [1.807, 2.05) is 25.2 Å². The minimum atomic E-state index is -1.58. The van der Waals surface area contributed by atoms with Crippen LogP contribution in [-0.4, -0.2) is 51.3 Å². The van der Waals surface area contributed by atoms with Gasteiger partial charge >= 0.3 is 0 Å². The molecule has 0 saturated heterocycles. The number of fused-ring (bicyclic) bond motifs is 5.